The number of aromatic nitrogens is 2. The zero-order chi connectivity index (χ0) is 19.2. The largest absolute Gasteiger partial charge is 0.493 e. The molecule has 0 bridgehead atoms. The molecule has 8 heteroatoms. The Bertz CT molecular complexity index is 871. The van der Waals surface area contributed by atoms with Gasteiger partial charge in [0.2, 0.25) is 11.7 Å². The summed E-state index contributed by atoms with van der Waals surface area (Å²) < 4.78 is 18.9. The van der Waals surface area contributed by atoms with Crippen LogP contribution in [0.2, 0.25) is 0 Å². The minimum atomic E-state index is -0.245. The van der Waals surface area contributed by atoms with Crippen molar-refractivity contribution in [3.8, 4) is 17.2 Å². The Morgan fingerprint density at radius 2 is 2.07 bits per heavy atom. The second-order valence-electron chi connectivity index (χ2n) is 7.52. The molecular formula is C19H23N3O4S. The summed E-state index contributed by atoms with van der Waals surface area (Å²) in [6.07, 6.45) is 1.84. The van der Waals surface area contributed by atoms with Gasteiger partial charge in [-0.1, -0.05) is 0 Å². The van der Waals surface area contributed by atoms with E-state index in [2.05, 4.69) is 31.2 Å². The standard InChI is InChI=1S/C19H23N3O4S/c1-19(2,3)22-18-12(9-20-22)17(27-10-15(23)21-18)11-7-13(24-4)16-14(8-11)25-5-6-26-16/h7-9,17H,5-6,10H2,1-4H3,(H,21,23)/t17-/m0/s1. The number of carbonyl (C=O) groups excluding carboxylic acids is 1. The molecule has 1 N–H and O–H groups in total. The lowest BCUT2D eigenvalue weighted by Gasteiger charge is -2.24. The maximum Gasteiger partial charge on any atom is 0.235 e. The van der Waals surface area contributed by atoms with Crippen LogP contribution in [0.1, 0.15) is 37.1 Å². The Morgan fingerprint density at radius 3 is 2.81 bits per heavy atom. The first kappa shape index (κ1) is 18.0. The second kappa shape index (κ2) is 6.67. The van der Waals surface area contributed by atoms with E-state index >= 15 is 0 Å². The first-order chi connectivity index (χ1) is 12.9. The molecule has 1 aromatic carbocycles. The topological polar surface area (TPSA) is 74.6 Å². The maximum absolute atomic E-state index is 12.3. The van der Waals surface area contributed by atoms with Crippen LogP contribution in [-0.2, 0) is 10.3 Å². The smallest absolute Gasteiger partial charge is 0.235 e. The highest BCUT2D eigenvalue weighted by molar-refractivity contribution is 8.00. The molecule has 0 fully saturated rings. The van der Waals surface area contributed by atoms with E-state index in [-0.39, 0.29) is 16.7 Å². The van der Waals surface area contributed by atoms with Crippen LogP contribution in [0.4, 0.5) is 5.82 Å². The van der Waals surface area contributed by atoms with Crippen LogP contribution in [-0.4, -0.2) is 41.8 Å². The quantitative estimate of drug-likeness (QED) is 0.850. The minimum Gasteiger partial charge on any atom is -0.493 e. The van der Waals surface area contributed by atoms with Crippen LogP contribution in [0, 0.1) is 0 Å². The van der Waals surface area contributed by atoms with Gasteiger partial charge in [0, 0.05) is 5.56 Å². The molecule has 0 saturated heterocycles. The van der Waals surface area contributed by atoms with Crippen molar-refractivity contribution in [3.05, 3.63) is 29.5 Å². The van der Waals surface area contributed by atoms with Crippen molar-refractivity contribution in [2.75, 3.05) is 31.4 Å². The Balaban J connectivity index is 1.83. The summed E-state index contributed by atoms with van der Waals surface area (Å²) in [6.45, 7) is 7.19. The summed E-state index contributed by atoms with van der Waals surface area (Å²) in [7, 11) is 1.62. The Labute approximate surface area is 162 Å². The number of anilines is 1. The number of nitrogens with one attached hydrogen (secondary N) is 1. The Morgan fingerprint density at radius 1 is 1.30 bits per heavy atom. The molecule has 4 rings (SSSR count). The van der Waals surface area contributed by atoms with E-state index in [0.29, 0.717) is 36.2 Å². The SMILES string of the molecule is COc1cc([C@@H]2SCC(=O)Nc3c2cnn3C(C)(C)C)cc2c1OCCO2. The molecule has 1 atom stereocenters. The third kappa shape index (κ3) is 3.22. The zero-order valence-electron chi connectivity index (χ0n) is 15.9. The summed E-state index contributed by atoms with van der Waals surface area (Å²) in [5.74, 6) is 3.02. The van der Waals surface area contributed by atoms with Gasteiger partial charge in [0.15, 0.2) is 11.5 Å². The van der Waals surface area contributed by atoms with E-state index in [9.17, 15) is 4.79 Å². The van der Waals surface area contributed by atoms with Gasteiger partial charge in [-0.15, -0.1) is 11.8 Å². The monoisotopic (exact) mass is 389 g/mol. The van der Waals surface area contributed by atoms with Crippen molar-refractivity contribution in [2.45, 2.75) is 31.6 Å². The molecule has 3 heterocycles. The van der Waals surface area contributed by atoms with Crippen molar-refractivity contribution in [3.63, 3.8) is 0 Å². The van der Waals surface area contributed by atoms with E-state index in [4.69, 9.17) is 14.2 Å². The Hall–Kier alpha value is -2.35. The number of methoxy groups -OCH3 is 1. The fourth-order valence-corrected chi connectivity index (χ4v) is 4.39. The van der Waals surface area contributed by atoms with Crippen LogP contribution < -0.4 is 19.5 Å². The van der Waals surface area contributed by atoms with Crippen molar-refractivity contribution < 1.29 is 19.0 Å². The maximum atomic E-state index is 12.3. The van der Waals surface area contributed by atoms with E-state index < -0.39 is 0 Å². The number of thioether (sulfide) groups is 1. The number of carbonyl (C=O) groups is 1. The number of amides is 1. The molecule has 0 unspecified atom stereocenters. The first-order valence-electron chi connectivity index (χ1n) is 8.86. The van der Waals surface area contributed by atoms with Crippen LogP contribution in [0.15, 0.2) is 18.3 Å². The van der Waals surface area contributed by atoms with E-state index in [1.165, 1.54) is 0 Å². The number of nitrogens with zero attached hydrogens (tertiary/aromatic N) is 2. The predicted molar refractivity (Wildman–Crippen MR) is 104 cm³/mol. The number of fused-ring (bicyclic) bond motifs is 2. The lowest BCUT2D eigenvalue weighted by atomic mass is 10.0. The molecule has 144 valence electrons. The van der Waals surface area contributed by atoms with Gasteiger partial charge in [0.05, 0.1) is 29.8 Å². The van der Waals surface area contributed by atoms with E-state index in [0.717, 1.165) is 16.9 Å². The van der Waals surface area contributed by atoms with E-state index in [1.54, 1.807) is 18.9 Å². The van der Waals surface area contributed by atoms with Crippen molar-refractivity contribution in [1.29, 1.82) is 0 Å². The van der Waals surface area contributed by atoms with Gasteiger partial charge in [-0.2, -0.15) is 5.10 Å². The summed E-state index contributed by atoms with van der Waals surface area (Å²) in [5.41, 5.74) is 1.72. The van der Waals surface area contributed by atoms with E-state index in [1.807, 2.05) is 23.0 Å². The average molecular weight is 389 g/mol. The fraction of sp³-hybridized carbons (Fsp3) is 0.474. The van der Waals surface area contributed by atoms with Crippen LogP contribution >= 0.6 is 11.8 Å². The fourth-order valence-electron chi connectivity index (χ4n) is 3.32. The molecule has 2 aliphatic heterocycles. The summed E-state index contributed by atoms with van der Waals surface area (Å²) in [5, 5.41) is 7.50. The number of benzene rings is 1. The highest BCUT2D eigenvalue weighted by Gasteiger charge is 2.32. The molecule has 0 radical (unpaired) electrons. The van der Waals surface area contributed by atoms with Crippen molar-refractivity contribution in [1.82, 2.24) is 9.78 Å². The van der Waals surface area contributed by atoms with Crippen LogP contribution in [0.5, 0.6) is 17.2 Å². The summed E-state index contributed by atoms with van der Waals surface area (Å²) in [6, 6.07) is 3.93. The lowest BCUT2D eigenvalue weighted by Crippen LogP contribution is -2.27. The first-order valence-corrected chi connectivity index (χ1v) is 9.90. The van der Waals surface area contributed by atoms with Crippen molar-refractivity contribution >= 4 is 23.5 Å². The van der Waals surface area contributed by atoms with Crippen LogP contribution in [0.3, 0.4) is 0 Å². The number of hydrogen-bond donors (Lipinski definition) is 1. The van der Waals surface area contributed by atoms with Gasteiger partial charge in [-0.05, 0) is 38.5 Å². The molecule has 2 aromatic rings. The number of ether oxygens (including phenoxy) is 3. The molecule has 0 aliphatic carbocycles. The molecule has 0 spiro atoms. The number of hydrogen-bond acceptors (Lipinski definition) is 6. The highest BCUT2D eigenvalue weighted by Crippen LogP contribution is 2.48. The van der Waals surface area contributed by atoms with Gasteiger partial charge in [-0.3, -0.25) is 4.79 Å². The van der Waals surface area contributed by atoms with Gasteiger partial charge in [0.25, 0.3) is 0 Å². The van der Waals surface area contributed by atoms with Gasteiger partial charge >= 0.3 is 0 Å². The van der Waals surface area contributed by atoms with Gasteiger partial charge in [-0.25, -0.2) is 4.68 Å². The van der Waals surface area contributed by atoms with Gasteiger partial charge < -0.3 is 19.5 Å². The minimum absolute atomic E-state index is 0.0285. The molecule has 0 saturated carbocycles. The second-order valence-corrected chi connectivity index (χ2v) is 8.61. The van der Waals surface area contributed by atoms with Crippen LogP contribution in [0.25, 0.3) is 0 Å². The number of rotatable bonds is 2. The molecule has 27 heavy (non-hydrogen) atoms. The normalized spacial score (nSPS) is 19.1. The third-order valence-electron chi connectivity index (χ3n) is 4.51. The zero-order valence-corrected chi connectivity index (χ0v) is 16.7. The summed E-state index contributed by atoms with van der Waals surface area (Å²) >= 11 is 1.56. The predicted octanol–water partition coefficient (Wildman–Crippen LogP) is 3.19. The third-order valence-corrected chi connectivity index (χ3v) is 5.80. The van der Waals surface area contributed by atoms with Gasteiger partial charge in [0.1, 0.15) is 19.0 Å². The molecular weight excluding hydrogens is 366 g/mol. The highest BCUT2D eigenvalue weighted by atomic mass is 32.2. The summed E-state index contributed by atoms with van der Waals surface area (Å²) in [4.78, 5) is 12.3. The molecule has 7 nitrogen and oxygen atoms in total. The van der Waals surface area contributed by atoms with Crippen molar-refractivity contribution in [2.24, 2.45) is 0 Å². The molecule has 1 amide bonds. The average Bonchev–Trinajstić information content (AvgIpc) is 2.97. The lowest BCUT2D eigenvalue weighted by molar-refractivity contribution is -0.113. The molecule has 2 aliphatic rings. The Kier molecular flexibility index (Phi) is 4.46. The molecule has 1 aromatic heterocycles.